The second-order valence-corrected chi connectivity index (χ2v) is 8.57. The Morgan fingerprint density at radius 1 is 1.15 bits per heavy atom. The van der Waals surface area contributed by atoms with Crippen molar-refractivity contribution in [2.24, 2.45) is 5.92 Å². The van der Waals surface area contributed by atoms with Crippen LogP contribution in [0.2, 0.25) is 0 Å². The summed E-state index contributed by atoms with van der Waals surface area (Å²) in [4.78, 5) is 19.3. The number of carbonyl (C=O) groups is 1. The fourth-order valence-electron chi connectivity index (χ4n) is 3.85. The maximum absolute atomic E-state index is 13.4. The van der Waals surface area contributed by atoms with Crippen molar-refractivity contribution >= 4 is 17.2 Å². The third kappa shape index (κ3) is 4.66. The van der Waals surface area contributed by atoms with Crippen molar-refractivity contribution in [2.75, 3.05) is 26.2 Å². The minimum absolute atomic E-state index is 0.198. The highest BCUT2D eigenvalue weighted by molar-refractivity contribution is 7.15. The van der Waals surface area contributed by atoms with E-state index in [1.54, 1.807) is 23.5 Å². The summed E-state index contributed by atoms with van der Waals surface area (Å²) in [5.74, 6) is 0.551. The number of thiophene rings is 1. The molecule has 1 saturated heterocycles. The molecule has 2 aliphatic rings. The zero-order valence-corrected chi connectivity index (χ0v) is 16.3. The summed E-state index contributed by atoms with van der Waals surface area (Å²) in [6.07, 6.45) is 7.29. The predicted octanol–water partition coefficient (Wildman–Crippen LogP) is 4.55. The molecule has 1 aromatic heterocycles. The quantitative estimate of drug-likeness (QED) is 0.706. The van der Waals surface area contributed by atoms with Crippen LogP contribution < -0.4 is 0 Å². The molecule has 27 heavy (non-hydrogen) atoms. The number of hydrogen-bond donors (Lipinski definition) is 0. The third-order valence-electron chi connectivity index (χ3n) is 5.42. The van der Waals surface area contributed by atoms with E-state index in [9.17, 15) is 9.18 Å². The minimum atomic E-state index is -0.198. The number of carbonyl (C=O) groups excluding carboxylic acids is 1. The Morgan fingerprint density at radius 2 is 2.00 bits per heavy atom. The Hall–Kier alpha value is -1.98. The lowest BCUT2D eigenvalue weighted by Gasteiger charge is -2.35. The van der Waals surface area contributed by atoms with Gasteiger partial charge >= 0.3 is 0 Å². The van der Waals surface area contributed by atoms with Crippen LogP contribution in [0.4, 0.5) is 4.39 Å². The van der Waals surface area contributed by atoms with E-state index in [1.807, 2.05) is 11.0 Å². The smallest absolute Gasteiger partial charge is 0.223 e. The van der Waals surface area contributed by atoms with Crippen LogP contribution in [0.5, 0.6) is 0 Å². The van der Waals surface area contributed by atoms with Gasteiger partial charge < -0.3 is 4.90 Å². The highest BCUT2D eigenvalue weighted by Gasteiger charge is 2.23. The van der Waals surface area contributed by atoms with Crippen molar-refractivity contribution in [2.45, 2.75) is 25.8 Å². The molecule has 1 fully saturated rings. The SMILES string of the molecule is O=C(C[C@@H]1C=CCC1)N1CCN(Cc2ccc(-c3cccc(F)c3)s2)CC1. The molecule has 0 N–H and O–H groups in total. The lowest BCUT2D eigenvalue weighted by atomic mass is 10.0. The van der Waals surface area contributed by atoms with E-state index in [-0.39, 0.29) is 5.82 Å². The largest absolute Gasteiger partial charge is 0.340 e. The summed E-state index contributed by atoms with van der Waals surface area (Å²) >= 11 is 1.72. The molecule has 4 rings (SSSR count). The first-order chi connectivity index (χ1) is 13.2. The van der Waals surface area contributed by atoms with Crippen molar-refractivity contribution in [3.63, 3.8) is 0 Å². The summed E-state index contributed by atoms with van der Waals surface area (Å²) in [6.45, 7) is 4.36. The highest BCUT2D eigenvalue weighted by atomic mass is 32.1. The molecule has 1 aliphatic carbocycles. The number of piperazine rings is 1. The van der Waals surface area contributed by atoms with Gasteiger partial charge in [0, 0.05) is 48.9 Å². The predicted molar refractivity (Wildman–Crippen MR) is 108 cm³/mol. The van der Waals surface area contributed by atoms with Crippen LogP contribution in [-0.4, -0.2) is 41.9 Å². The van der Waals surface area contributed by atoms with Crippen LogP contribution in [-0.2, 0) is 11.3 Å². The number of hydrogen-bond acceptors (Lipinski definition) is 3. The summed E-state index contributed by atoms with van der Waals surface area (Å²) in [7, 11) is 0. The van der Waals surface area contributed by atoms with Crippen LogP contribution >= 0.6 is 11.3 Å². The van der Waals surface area contributed by atoms with E-state index < -0.39 is 0 Å². The highest BCUT2D eigenvalue weighted by Crippen LogP contribution is 2.29. The molecule has 1 aliphatic heterocycles. The van der Waals surface area contributed by atoms with Gasteiger partial charge in [-0.1, -0.05) is 24.3 Å². The van der Waals surface area contributed by atoms with E-state index in [1.165, 1.54) is 10.9 Å². The molecule has 1 amide bonds. The van der Waals surface area contributed by atoms with Crippen molar-refractivity contribution in [1.82, 2.24) is 9.80 Å². The lowest BCUT2D eigenvalue weighted by molar-refractivity contribution is -0.133. The number of rotatable bonds is 5. The minimum Gasteiger partial charge on any atom is -0.340 e. The van der Waals surface area contributed by atoms with Gasteiger partial charge in [0.25, 0.3) is 0 Å². The molecule has 1 aromatic carbocycles. The van der Waals surface area contributed by atoms with E-state index >= 15 is 0 Å². The molecule has 5 heteroatoms. The Balaban J connectivity index is 1.28. The van der Waals surface area contributed by atoms with Crippen molar-refractivity contribution in [3.8, 4) is 10.4 Å². The first kappa shape index (κ1) is 18.4. The van der Waals surface area contributed by atoms with Crippen LogP contribution in [0.3, 0.4) is 0 Å². The summed E-state index contributed by atoms with van der Waals surface area (Å²) in [6, 6.07) is 11.0. The second-order valence-electron chi connectivity index (χ2n) is 7.40. The molecule has 1 atom stereocenters. The van der Waals surface area contributed by atoms with Gasteiger partial charge in [-0.25, -0.2) is 4.39 Å². The first-order valence-electron chi connectivity index (χ1n) is 9.69. The number of nitrogens with zero attached hydrogens (tertiary/aromatic N) is 2. The van der Waals surface area contributed by atoms with Gasteiger partial charge in [0.05, 0.1) is 0 Å². The summed E-state index contributed by atoms with van der Waals surface area (Å²) in [5, 5.41) is 0. The average molecular weight is 385 g/mol. The fourth-order valence-corrected chi connectivity index (χ4v) is 4.90. The number of benzene rings is 1. The van der Waals surface area contributed by atoms with Crippen LogP contribution in [0, 0.1) is 11.7 Å². The van der Waals surface area contributed by atoms with E-state index in [4.69, 9.17) is 0 Å². The molecule has 0 saturated carbocycles. The van der Waals surface area contributed by atoms with Gasteiger partial charge in [0.2, 0.25) is 5.91 Å². The monoisotopic (exact) mass is 384 g/mol. The van der Waals surface area contributed by atoms with Gasteiger partial charge in [-0.3, -0.25) is 9.69 Å². The number of amides is 1. The standard InChI is InChI=1S/C22H25FN2OS/c23-19-7-3-6-18(15-19)21-9-8-20(27-21)16-24-10-12-25(13-11-24)22(26)14-17-4-1-2-5-17/h1,3-4,6-9,15,17H,2,5,10-14,16H2/t17-/m1/s1. The Kier molecular flexibility index (Phi) is 5.69. The maximum atomic E-state index is 13.4. The summed E-state index contributed by atoms with van der Waals surface area (Å²) in [5.41, 5.74) is 0.933. The molecule has 2 aromatic rings. The molecule has 142 valence electrons. The Bertz CT molecular complexity index is 823. The molecule has 0 unspecified atom stereocenters. The maximum Gasteiger partial charge on any atom is 0.223 e. The lowest BCUT2D eigenvalue weighted by Crippen LogP contribution is -2.48. The topological polar surface area (TPSA) is 23.6 Å². The molecule has 2 heterocycles. The zero-order chi connectivity index (χ0) is 18.6. The molecular weight excluding hydrogens is 359 g/mol. The van der Waals surface area contributed by atoms with Crippen molar-refractivity contribution in [3.05, 3.63) is 59.2 Å². The van der Waals surface area contributed by atoms with Crippen LogP contribution in [0.15, 0.2) is 48.6 Å². The number of allylic oxidation sites excluding steroid dienone is 2. The van der Waals surface area contributed by atoms with Crippen molar-refractivity contribution < 1.29 is 9.18 Å². The molecular formula is C22H25FN2OS. The molecule has 3 nitrogen and oxygen atoms in total. The normalized spacial score (nSPS) is 20.3. The third-order valence-corrected chi connectivity index (χ3v) is 6.54. The fraction of sp³-hybridized carbons (Fsp3) is 0.409. The second kappa shape index (κ2) is 8.36. The first-order valence-corrected chi connectivity index (χ1v) is 10.5. The molecule has 0 spiro atoms. The van der Waals surface area contributed by atoms with Gasteiger partial charge in [-0.2, -0.15) is 0 Å². The average Bonchev–Trinajstić information content (AvgIpc) is 3.34. The van der Waals surface area contributed by atoms with Gasteiger partial charge in [0.15, 0.2) is 0 Å². The van der Waals surface area contributed by atoms with Crippen molar-refractivity contribution in [1.29, 1.82) is 0 Å². The van der Waals surface area contributed by atoms with Crippen LogP contribution in [0.25, 0.3) is 10.4 Å². The van der Waals surface area contributed by atoms with Gasteiger partial charge in [-0.15, -0.1) is 11.3 Å². The van der Waals surface area contributed by atoms with Gasteiger partial charge in [0.1, 0.15) is 5.82 Å². The van der Waals surface area contributed by atoms with E-state index in [2.05, 4.69) is 29.2 Å². The van der Waals surface area contributed by atoms with Gasteiger partial charge in [-0.05, 0) is 48.6 Å². The van der Waals surface area contributed by atoms with E-state index in [0.29, 0.717) is 18.2 Å². The number of halogens is 1. The molecule has 0 radical (unpaired) electrons. The molecule has 0 bridgehead atoms. The van der Waals surface area contributed by atoms with Crippen LogP contribution in [0.1, 0.15) is 24.1 Å². The Labute approximate surface area is 164 Å². The summed E-state index contributed by atoms with van der Waals surface area (Å²) < 4.78 is 13.4. The zero-order valence-electron chi connectivity index (χ0n) is 15.4. The van der Waals surface area contributed by atoms with E-state index in [0.717, 1.165) is 56.0 Å². The Morgan fingerprint density at radius 3 is 2.74 bits per heavy atom.